The van der Waals surface area contributed by atoms with Gasteiger partial charge in [0.15, 0.2) is 11.6 Å². The van der Waals surface area contributed by atoms with Crippen molar-refractivity contribution in [1.82, 2.24) is 4.98 Å². The lowest BCUT2D eigenvalue weighted by Gasteiger charge is -2.13. The van der Waals surface area contributed by atoms with Gasteiger partial charge in [0.05, 0.1) is 17.6 Å². The van der Waals surface area contributed by atoms with Crippen LogP contribution in [0.4, 0.5) is 5.82 Å². The second-order valence-electron chi connectivity index (χ2n) is 6.87. The number of anilines is 1. The molecule has 29 heavy (non-hydrogen) atoms. The van der Waals surface area contributed by atoms with E-state index in [1.807, 2.05) is 42.5 Å². The average Bonchev–Trinajstić information content (AvgIpc) is 2.74. The predicted octanol–water partition coefficient (Wildman–Crippen LogP) is 6.03. The number of aryl methyl sites for hydroxylation is 1. The Morgan fingerprint density at radius 3 is 2.38 bits per heavy atom. The van der Waals surface area contributed by atoms with E-state index in [4.69, 9.17) is 26.8 Å². The number of methoxy groups -OCH3 is 1. The summed E-state index contributed by atoms with van der Waals surface area (Å²) in [7, 11) is 1.64. The molecule has 0 saturated heterocycles. The minimum absolute atomic E-state index is 0.338. The molecule has 0 aliphatic rings. The van der Waals surface area contributed by atoms with E-state index < -0.39 is 0 Å². The molecule has 0 fully saturated rings. The Morgan fingerprint density at radius 2 is 1.69 bits per heavy atom. The summed E-state index contributed by atoms with van der Waals surface area (Å²) in [6.45, 7) is 2.43. The van der Waals surface area contributed by atoms with Gasteiger partial charge in [-0.2, -0.15) is 0 Å². The van der Waals surface area contributed by atoms with Crippen molar-refractivity contribution in [1.29, 1.82) is 0 Å². The van der Waals surface area contributed by atoms with Crippen molar-refractivity contribution in [3.8, 4) is 22.6 Å². The van der Waals surface area contributed by atoms with Crippen LogP contribution in [0.1, 0.15) is 11.1 Å². The van der Waals surface area contributed by atoms with Gasteiger partial charge in [0.1, 0.15) is 12.4 Å². The van der Waals surface area contributed by atoms with Gasteiger partial charge in [0.2, 0.25) is 0 Å². The number of nitrogen functional groups attached to an aromatic ring is 1. The van der Waals surface area contributed by atoms with Crippen LogP contribution in [0.2, 0.25) is 5.02 Å². The zero-order valence-electron chi connectivity index (χ0n) is 16.3. The third kappa shape index (κ3) is 3.98. The van der Waals surface area contributed by atoms with E-state index in [9.17, 15) is 0 Å². The van der Waals surface area contributed by atoms with E-state index >= 15 is 0 Å². The number of pyridine rings is 1. The lowest BCUT2D eigenvalue weighted by Crippen LogP contribution is -2.01. The number of benzene rings is 3. The van der Waals surface area contributed by atoms with Gasteiger partial charge in [-0.3, -0.25) is 0 Å². The Balaban J connectivity index is 1.66. The zero-order chi connectivity index (χ0) is 20.4. The largest absolute Gasteiger partial charge is 0.497 e. The highest BCUT2D eigenvalue weighted by atomic mass is 35.5. The van der Waals surface area contributed by atoms with Crippen LogP contribution in [-0.4, -0.2) is 12.1 Å². The molecule has 0 amide bonds. The molecule has 0 aliphatic carbocycles. The molecule has 4 nitrogen and oxygen atoms in total. The van der Waals surface area contributed by atoms with Gasteiger partial charge < -0.3 is 15.2 Å². The molecule has 1 aromatic heterocycles. The number of fused-ring (bicyclic) bond motifs is 1. The number of rotatable bonds is 5. The number of hydrogen-bond donors (Lipinski definition) is 1. The lowest BCUT2D eigenvalue weighted by molar-refractivity contribution is 0.307. The van der Waals surface area contributed by atoms with Gasteiger partial charge in [-0.25, -0.2) is 4.98 Å². The molecule has 0 unspecified atom stereocenters. The van der Waals surface area contributed by atoms with Crippen molar-refractivity contribution in [3.63, 3.8) is 0 Å². The molecule has 3 aromatic carbocycles. The zero-order valence-corrected chi connectivity index (χ0v) is 17.0. The number of halogens is 1. The van der Waals surface area contributed by atoms with Gasteiger partial charge in [0, 0.05) is 10.9 Å². The first-order valence-electron chi connectivity index (χ1n) is 9.26. The number of nitrogens with two attached hydrogens (primary N) is 1. The predicted molar refractivity (Wildman–Crippen MR) is 119 cm³/mol. The van der Waals surface area contributed by atoms with Gasteiger partial charge in [-0.15, -0.1) is 0 Å². The normalized spacial score (nSPS) is 10.9. The SMILES string of the molecule is COc1ccc(COc2cc3c(Cl)c(-c4ccc(C)cc4)ccc3nc2N)cc1. The van der Waals surface area contributed by atoms with Crippen LogP contribution in [0.25, 0.3) is 22.0 Å². The Bertz CT molecular complexity index is 1160. The van der Waals surface area contributed by atoms with Gasteiger partial charge in [-0.1, -0.05) is 59.6 Å². The Labute approximate surface area is 174 Å². The fourth-order valence-electron chi connectivity index (χ4n) is 3.16. The van der Waals surface area contributed by atoms with E-state index in [2.05, 4.69) is 36.2 Å². The quantitative estimate of drug-likeness (QED) is 0.441. The molecule has 0 atom stereocenters. The van der Waals surface area contributed by atoms with Crippen LogP contribution in [0.5, 0.6) is 11.5 Å². The van der Waals surface area contributed by atoms with Crippen molar-refractivity contribution in [2.24, 2.45) is 0 Å². The van der Waals surface area contributed by atoms with Crippen molar-refractivity contribution < 1.29 is 9.47 Å². The van der Waals surface area contributed by atoms with E-state index in [0.29, 0.717) is 23.2 Å². The topological polar surface area (TPSA) is 57.4 Å². The Morgan fingerprint density at radius 1 is 0.966 bits per heavy atom. The highest BCUT2D eigenvalue weighted by Gasteiger charge is 2.12. The van der Waals surface area contributed by atoms with E-state index in [0.717, 1.165) is 33.3 Å². The first-order valence-corrected chi connectivity index (χ1v) is 9.64. The summed E-state index contributed by atoms with van der Waals surface area (Å²) in [5.74, 6) is 1.65. The molecule has 0 bridgehead atoms. The molecule has 146 valence electrons. The number of aromatic nitrogens is 1. The monoisotopic (exact) mass is 404 g/mol. The highest BCUT2D eigenvalue weighted by molar-refractivity contribution is 6.38. The number of nitrogens with zero attached hydrogens (tertiary/aromatic N) is 1. The van der Waals surface area contributed by atoms with Crippen molar-refractivity contribution in [2.45, 2.75) is 13.5 Å². The van der Waals surface area contributed by atoms with Gasteiger partial charge in [-0.05, 0) is 42.3 Å². The second-order valence-corrected chi connectivity index (χ2v) is 7.25. The van der Waals surface area contributed by atoms with Crippen LogP contribution in [-0.2, 0) is 6.61 Å². The van der Waals surface area contributed by atoms with E-state index in [1.165, 1.54) is 5.56 Å². The maximum absolute atomic E-state index is 6.74. The summed E-state index contributed by atoms with van der Waals surface area (Å²) >= 11 is 6.74. The summed E-state index contributed by atoms with van der Waals surface area (Å²) in [6, 6.07) is 21.7. The molecular weight excluding hydrogens is 384 g/mol. The standard InChI is InChI=1S/C24H21ClN2O2/c1-15-3-7-17(8-4-15)19-11-12-21-20(23(19)25)13-22(24(26)27-21)29-14-16-5-9-18(28-2)10-6-16/h3-13H,14H2,1-2H3,(H2,26,27). The molecule has 0 aliphatic heterocycles. The molecular formula is C24H21ClN2O2. The summed E-state index contributed by atoms with van der Waals surface area (Å²) in [6.07, 6.45) is 0. The van der Waals surface area contributed by atoms with Gasteiger partial charge in [0.25, 0.3) is 0 Å². The third-order valence-electron chi connectivity index (χ3n) is 4.84. The third-order valence-corrected chi connectivity index (χ3v) is 5.25. The highest BCUT2D eigenvalue weighted by Crippen LogP contribution is 2.37. The molecule has 1 heterocycles. The van der Waals surface area contributed by atoms with Crippen molar-refractivity contribution in [2.75, 3.05) is 12.8 Å². The first-order chi connectivity index (χ1) is 14.0. The van der Waals surface area contributed by atoms with Crippen LogP contribution in [0.15, 0.2) is 66.7 Å². The molecule has 0 saturated carbocycles. The van der Waals surface area contributed by atoms with E-state index in [-0.39, 0.29) is 0 Å². The average molecular weight is 405 g/mol. The van der Waals surface area contributed by atoms with Crippen LogP contribution >= 0.6 is 11.6 Å². The summed E-state index contributed by atoms with van der Waals surface area (Å²) in [4.78, 5) is 4.47. The summed E-state index contributed by atoms with van der Waals surface area (Å²) in [5, 5.41) is 1.44. The molecule has 2 N–H and O–H groups in total. The fraction of sp³-hybridized carbons (Fsp3) is 0.125. The smallest absolute Gasteiger partial charge is 0.166 e. The molecule has 0 spiro atoms. The molecule has 0 radical (unpaired) electrons. The number of ether oxygens (including phenoxy) is 2. The maximum atomic E-state index is 6.74. The first kappa shape index (κ1) is 19.1. The Kier molecular flexibility index (Phi) is 5.28. The second kappa shape index (κ2) is 8.02. The van der Waals surface area contributed by atoms with Crippen molar-refractivity contribution in [3.05, 3.63) is 82.9 Å². The fourth-order valence-corrected chi connectivity index (χ4v) is 3.49. The Hall–Kier alpha value is -3.24. The minimum atomic E-state index is 0.338. The maximum Gasteiger partial charge on any atom is 0.166 e. The summed E-state index contributed by atoms with van der Waals surface area (Å²) < 4.78 is 11.1. The van der Waals surface area contributed by atoms with Gasteiger partial charge >= 0.3 is 0 Å². The summed E-state index contributed by atoms with van der Waals surface area (Å²) in [5.41, 5.74) is 11.1. The van der Waals surface area contributed by atoms with Crippen LogP contribution < -0.4 is 15.2 Å². The van der Waals surface area contributed by atoms with E-state index in [1.54, 1.807) is 7.11 Å². The minimum Gasteiger partial charge on any atom is -0.497 e. The molecule has 4 rings (SSSR count). The van der Waals surface area contributed by atoms with Crippen molar-refractivity contribution >= 4 is 28.3 Å². The van der Waals surface area contributed by atoms with Crippen LogP contribution in [0.3, 0.4) is 0 Å². The lowest BCUT2D eigenvalue weighted by atomic mass is 10.0. The molecule has 5 heteroatoms. The number of hydrogen-bond acceptors (Lipinski definition) is 4. The van der Waals surface area contributed by atoms with Crippen LogP contribution in [0, 0.1) is 6.92 Å². The molecule has 4 aromatic rings.